The van der Waals surface area contributed by atoms with E-state index in [4.69, 9.17) is 16.0 Å². The van der Waals surface area contributed by atoms with Crippen molar-refractivity contribution in [2.75, 3.05) is 0 Å². The number of halogens is 2. The lowest BCUT2D eigenvalue weighted by atomic mass is 9.99. The summed E-state index contributed by atoms with van der Waals surface area (Å²) in [6.07, 6.45) is 1.30. The molecule has 122 valence electrons. The number of carboxylic acid groups (broad SMARTS) is 1. The van der Waals surface area contributed by atoms with E-state index in [9.17, 15) is 19.1 Å². The summed E-state index contributed by atoms with van der Waals surface area (Å²) in [5, 5.41) is 14.2. The lowest BCUT2D eigenvalue weighted by molar-refractivity contribution is -0.144. The molecule has 0 aliphatic rings. The zero-order chi connectivity index (χ0) is 17.0. The van der Waals surface area contributed by atoms with Crippen molar-refractivity contribution in [3.63, 3.8) is 0 Å². The Kier molecular flexibility index (Phi) is 4.90. The van der Waals surface area contributed by atoms with E-state index >= 15 is 0 Å². The van der Waals surface area contributed by atoms with Gasteiger partial charge in [-0.15, -0.1) is 0 Å². The van der Waals surface area contributed by atoms with Gasteiger partial charge in [0.25, 0.3) is 0 Å². The van der Waals surface area contributed by atoms with E-state index in [0.29, 0.717) is 0 Å². The van der Waals surface area contributed by atoms with Crippen LogP contribution in [0.3, 0.4) is 0 Å². The maximum atomic E-state index is 13.6. The highest BCUT2D eigenvalue weighted by Crippen LogP contribution is 2.22. The second-order valence-electron chi connectivity index (χ2n) is 4.92. The monoisotopic (exact) mass is 340 g/mol. The van der Waals surface area contributed by atoms with Crippen LogP contribution in [-0.4, -0.2) is 17.1 Å². The molecule has 1 aromatic heterocycles. The van der Waals surface area contributed by atoms with Gasteiger partial charge in [-0.1, -0.05) is 17.7 Å². The van der Waals surface area contributed by atoms with Gasteiger partial charge in [-0.2, -0.15) is 0 Å². The van der Waals surface area contributed by atoms with Gasteiger partial charge >= 0.3 is 12.0 Å². The van der Waals surface area contributed by atoms with Crippen LogP contribution in [-0.2, 0) is 16.9 Å². The number of carboxylic acids is 1. The number of nitrogens with one attached hydrogen (secondary N) is 2. The lowest BCUT2D eigenvalue weighted by Crippen LogP contribution is -2.52. The number of carbonyl (C=O) groups excluding carboxylic acids is 1. The number of rotatable bonds is 5. The predicted molar refractivity (Wildman–Crippen MR) is 80.5 cm³/mol. The Balaban J connectivity index is 2.08. The highest BCUT2D eigenvalue weighted by molar-refractivity contribution is 6.31. The van der Waals surface area contributed by atoms with E-state index in [-0.39, 0.29) is 22.9 Å². The fourth-order valence-corrected chi connectivity index (χ4v) is 2.15. The van der Waals surface area contributed by atoms with E-state index in [2.05, 4.69) is 10.6 Å². The first-order valence-electron chi connectivity index (χ1n) is 6.61. The molecule has 0 aliphatic carbocycles. The van der Waals surface area contributed by atoms with Crippen LogP contribution in [0, 0.1) is 5.82 Å². The first-order valence-corrected chi connectivity index (χ1v) is 6.98. The molecular formula is C15H14ClFN2O4. The van der Waals surface area contributed by atoms with Crippen LogP contribution in [0.25, 0.3) is 0 Å². The zero-order valence-electron chi connectivity index (χ0n) is 12.1. The first kappa shape index (κ1) is 16.8. The number of hydrogen-bond acceptors (Lipinski definition) is 3. The molecule has 3 N–H and O–H groups in total. The van der Waals surface area contributed by atoms with Crippen LogP contribution in [0.4, 0.5) is 9.18 Å². The van der Waals surface area contributed by atoms with E-state index in [1.807, 2.05) is 0 Å². The van der Waals surface area contributed by atoms with Crippen LogP contribution < -0.4 is 10.6 Å². The minimum Gasteiger partial charge on any atom is -0.479 e. The van der Waals surface area contributed by atoms with Gasteiger partial charge < -0.3 is 20.2 Å². The summed E-state index contributed by atoms with van der Waals surface area (Å²) in [5.74, 6) is -1.81. The minimum absolute atomic E-state index is 0.0593. The molecule has 2 amide bonds. The van der Waals surface area contributed by atoms with Gasteiger partial charge in [0.2, 0.25) is 0 Å². The molecule has 1 atom stereocenters. The molecule has 2 rings (SSSR count). The Morgan fingerprint density at radius 2 is 2.09 bits per heavy atom. The number of carbonyl (C=O) groups is 2. The summed E-state index contributed by atoms with van der Waals surface area (Å²) in [6, 6.07) is 6.29. The third kappa shape index (κ3) is 3.62. The van der Waals surface area contributed by atoms with E-state index in [1.54, 1.807) is 0 Å². The normalized spacial score (nSPS) is 13.2. The molecule has 2 aromatic rings. The average Bonchev–Trinajstić information content (AvgIpc) is 3.01. The van der Waals surface area contributed by atoms with Crippen LogP contribution in [0.5, 0.6) is 0 Å². The Morgan fingerprint density at radius 1 is 1.35 bits per heavy atom. The van der Waals surface area contributed by atoms with E-state index in [0.717, 1.165) is 0 Å². The third-order valence-electron chi connectivity index (χ3n) is 3.29. The van der Waals surface area contributed by atoms with Gasteiger partial charge in [0.1, 0.15) is 11.6 Å². The molecule has 0 radical (unpaired) electrons. The van der Waals surface area contributed by atoms with Gasteiger partial charge in [0.05, 0.1) is 6.26 Å². The summed E-state index contributed by atoms with van der Waals surface area (Å²) < 4.78 is 18.7. The summed E-state index contributed by atoms with van der Waals surface area (Å²) >= 11 is 5.86. The quantitative estimate of drug-likeness (QED) is 0.780. The summed E-state index contributed by atoms with van der Waals surface area (Å²) in [7, 11) is 0. The fraction of sp³-hybridized carbons (Fsp3) is 0.200. The third-order valence-corrected chi connectivity index (χ3v) is 3.65. The topological polar surface area (TPSA) is 91.6 Å². The summed E-state index contributed by atoms with van der Waals surface area (Å²) in [6.45, 7) is 1.09. The largest absolute Gasteiger partial charge is 0.479 e. The van der Waals surface area contributed by atoms with Gasteiger partial charge in [0.15, 0.2) is 5.54 Å². The van der Waals surface area contributed by atoms with Crippen molar-refractivity contribution in [1.82, 2.24) is 10.6 Å². The highest BCUT2D eigenvalue weighted by atomic mass is 35.5. The number of hydrogen-bond donors (Lipinski definition) is 3. The number of furan rings is 1. The number of urea groups is 1. The van der Waals surface area contributed by atoms with Crippen LogP contribution in [0.1, 0.15) is 18.2 Å². The lowest BCUT2D eigenvalue weighted by Gasteiger charge is -2.24. The van der Waals surface area contributed by atoms with Crippen molar-refractivity contribution in [3.8, 4) is 0 Å². The molecule has 0 saturated carbocycles. The van der Waals surface area contributed by atoms with Crippen LogP contribution >= 0.6 is 11.6 Å². The van der Waals surface area contributed by atoms with Gasteiger partial charge in [-0.3, -0.25) is 0 Å². The molecule has 6 nitrogen and oxygen atoms in total. The number of benzene rings is 1. The van der Waals surface area contributed by atoms with Crippen molar-refractivity contribution < 1.29 is 23.5 Å². The molecule has 0 fully saturated rings. The minimum atomic E-state index is -1.76. The van der Waals surface area contributed by atoms with Crippen molar-refractivity contribution in [3.05, 3.63) is 58.8 Å². The summed E-state index contributed by atoms with van der Waals surface area (Å²) in [5.41, 5.74) is -1.65. The second kappa shape index (κ2) is 6.70. The Morgan fingerprint density at radius 3 is 2.65 bits per heavy atom. The zero-order valence-corrected chi connectivity index (χ0v) is 12.9. The van der Waals surface area contributed by atoms with Gasteiger partial charge in [-0.05, 0) is 31.2 Å². The van der Waals surface area contributed by atoms with Crippen molar-refractivity contribution in [2.24, 2.45) is 0 Å². The standard InChI is InChI=1S/C15H14ClFN2O4/c1-15(13(20)21,12-6-3-7-23-12)19-14(22)18-8-9-10(16)4-2-5-11(9)17/h2-7H,8H2,1H3,(H,20,21)(H2,18,19,22)/t15-/m0/s1. The Bertz CT molecular complexity index is 700. The van der Waals surface area contributed by atoms with Crippen molar-refractivity contribution in [2.45, 2.75) is 19.0 Å². The average molecular weight is 341 g/mol. The van der Waals surface area contributed by atoms with Gasteiger partial charge in [0, 0.05) is 17.1 Å². The maximum absolute atomic E-state index is 13.6. The molecule has 1 aromatic carbocycles. The molecule has 0 bridgehead atoms. The van der Waals surface area contributed by atoms with Crippen LogP contribution in [0.2, 0.25) is 5.02 Å². The molecule has 0 spiro atoms. The van der Waals surface area contributed by atoms with Crippen molar-refractivity contribution in [1.29, 1.82) is 0 Å². The SMILES string of the molecule is C[C@@](NC(=O)NCc1c(F)cccc1Cl)(C(=O)O)c1ccco1. The second-order valence-corrected chi connectivity index (χ2v) is 5.32. The Hall–Kier alpha value is -2.54. The predicted octanol–water partition coefficient (Wildman–Crippen LogP) is 2.87. The molecule has 1 heterocycles. The maximum Gasteiger partial charge on any atom is 0.337 e. The van der Waals surface area contributed by atoms with Gasteiger partial charge in [-0.25, -0.2) is 14.0 Å². The molecule has 0 unspecified atom stereocenters. The smallest absolute Gasteiger partial charge is 0.337 e. The van der Waals surface area contributed by atoms with Crippen molar-refractivity contribution >= 4 is 23.6 Å². The molecular weight excluding hydrogens is 327 g/mol. The highest BCUT2D eigenvalue weighted by Gasteiger charge is 2.39. The summed E-state index contributed by atoms with van der Waals surface area (Å²) in [4.78, 5) is 23.4. The van der Waals surface area contributed by atoms with E-state index < -0.39 is 23.4 Å². The number of amides is 2. The molecule has 8 heteroatoms. The molecule has 0 aliphatic heterocycles. The molecule has 0 saturated heterocycles. The van der Waals surface area contributed by atoms with Crippen LogP contribution in [0.15, 0.2) is 41.0 Å². The fourth-order valence-electron chi connectivity index (χ4n) is 1.92. The van der Waals surface area contributed by atoms with E-state index in [1.165, 1.54) is 43.5 Å². The Labute approximate surface area is 136 Å². The molecule has 23 heavy (non-hydrogen) atoms. The number of aliphatic carboxylic acids is 1. The first-order chi connectivity index (χ1) is 10.8.